The third-order valence-corrected chi connectivity index (χ3v) is 3.75. The maximum atomic E-state index is 11.4. The van der Waals surface area contributed by atoms with E-state index in [-0.39, 0.29) is 11.2 Å². The average molecular weight is 245 g/mol. The van der Waals surface area contributed by atoms with E-state index in [1.54, 1.807) is 19.1 Å². The van der Waals surface area contributed by atoms with Gasteiger partial charge >= 0.3 is 0 Å². The molecule has 0 heterocycles. The zero-order valence-electron chi connectivity index (χ0n) is 9.05. The lowest BCUT2D eigenvalue weighted by Gasteiger charge is -2.27. The van der Waals surface area contributed by atoms with Crippen LogP contribution in [0.2, 0.25) is 5.02 Å². The second-order valence-electron chi connectivity index (χ2n) is 4.19. The molecular formula is C12H14Cl2O. The van der Waals surface area contributed by atoms with Crippen molar-refractivity contribution in [2.24, 2.45) is 5.41 Å². The Hall–Kier alpha value is -0.530. The standard InChI is InChI=1S/C12H14Cl2O/c1-8(15)12(2,3)11(14)9-4-6-10(13)7-5-9/h4-7,11H,1-3H3. The van der Waals surface area contributed by atoms with Crippen LogP contribution >= 0.6 is 23.2 Å². The maximum Gasteiger partial charge on any atom is 0.137 e. The molecule has 0 aliphatic heterocycles. The van der Waals surface area contributed by atoms with Gasteiger partial charge in [0.05, 0.1) is 5.38 Å². The maximum absolute atomic E-state index is 11.4. The minimum atomic E-state index is -0.560. The lowest BCUT2D eigenvalue weighted by atomic mass is 9.82. The van der Waals surface area contributed by atoms with E-state index in [0.717, 1.165) is 5.56 Å². The Bertz CT molecular complexity index is 354. The molecule has 1 aromatic carbocycles. The number of hydrogen-bond acceptors (Lipinski definition) is 1. The Morgan fingerprint density at radius 3 is 2.13 bits per heavy atom. The summed E-state index contributed by atoms with van der Waals surface area (Å²) in [5.74, 6) is 0.0810. The predicted octanol–water partition coefficient (Wildman–Crippen LogP) is 4.24. The highest BCUT2D eigenvalue weighted by molar-refractivity contribution is 6.30. The molecule has 15 heavy (non-hydrogen) atoms. The van der Waals surface area contributed by atoms with Crippen molar-refractivity contribution in [3.63, 3.8) is 0 Å². The molecular weight excluding hydrogens is 231 g/mol. The van der Waals surface area contributed by atoms with Gasteiger partial charge in [-0.25, -0.2) is 0 Å². The predicted molar refractivity (Wildman–Crippen MR) is 64.5 cm³/mol. The summed E-state index contributed by atoms with van der Waals surface area (Å²) in [4.78, 5) is 11.4. The second kappa shape index (κ2) is 4.54. The molecule has 0 saturated heterocycles. The van der Waals surface area contributed by atoms with Crippen LogP contribution in [0.1, 0.15) is 31.7 Å². The van der Waals surface area contributed by atoms with Gasteiger partial charge in [-0.15, -0.1) is 11.6 Å². The number of rotatable bonds is 3. The lowest BCUT2D eigenvalue weighted by Crippen LogP contribution is -2.26. The number of carbonyl (C=O) groups excluding carboxylic acids is 1. The van der Waals surface area contributed by atoms with Crippen LogP contribution in [0.4, 0.5) is 0 Å². The zero-order valence-corrected chi connectivity index (χ0v) is 10.6. The van der Waals surface area contributed by atoms with E-state index in [1.165, 1.54) is 0 Å². The van der Waals surface area contributed by atoms with E-state index >= 15 is 0 Å². The van der Waals surface area contributed by atoms with Gasteiger partial charge in [0.2, 0.25) is 0 Å². The minimum Gasteiger partial charge on any atom is -0.299 e. The van der Waals surface area contributed by atoms with Crippen LogP contribution < -0.4 is 0 Å². The van der Waals surface area contributed by atoms with Crippen molar-refractivity contribution in [2.45, 2.75) is 26.1 Å². The first-order valence-electron chi connectivity index (χ1n) is 4.76. The van der Waals surface area contributed by atoms with E-state index in [4.69, 9.17) is 23.2 Å². The molecule has 0 N–H and O–H groups in total. The SMILES string of the molecule is CC(=O)C(C)(C)C(Cl)c1ccc(Cl)cc1. The van der Waals surface area contributed by atoms with E-state index in [9.17, 15) is 4.79 Å². The second-order valence-corrected chi connectivity index (χ2v) is 5.06. The molecule has 0 radical (unpaired) electrons. The molecule has 1 rings (SSSR count). The molecule has 1 nitrogen and oxygen atoms in total. The van der Waals surface area contributed by atoms with E-state index in [1.807, 2.05) is 26.0 Å². The Labute approximate surface area is 100 Å². The van der Waals surface area contributed by atoms with E-state index < -0.39 is 5.41 Å². The molecule has 3 heteroatoms. The summed E-state index contributed by atoms with van der Waals surface area (Å²) >= 11 is 12.1. The highest BCUT2D eigenvalue weighted by Crippen LogP contribution is 2.39. The first-order chi connectivity index (χ1) is 6.85. The van der Waals surface area contributed by atoms with Crippen LogP contribution in [0.25, 0.3) is 0 Å². The van der Waals surface area contributed by atoms with Crippen LogP contribution in [0, 0.1) is 5.41 Å². The average Bonchev–Trinajstić information content (AvgIpc) is 2.17. The van der Waals surface area contributed by atoms with Crippen molar-refractivity contribution < 1.29 is 4.79 Å². The highest BCUT2D eigenvalue weighted by atomic mass is 35.5. The molecule has 0 amide bonds. The van der Waals surface area contributed by atoms with Gasteiger partial charge in [0.15, 0.2) is 0 Å². The van der Waals surface area contributed by atoms with Crippen molar-refractivity contribution in [1.82, 2.24) is 0 Å². The van der Waals surface area contributed by atoms with Crippen LogP contribution in [0.5, 0.6) is 0 Å². The Balaban J connectivity index is 2.99. The van der Waals surface area contributed by atoms with Gasteiger partial charge in [-0.2, -0.15) is 0 Å². The smallest absolute Gasteiger partial charge is 0.137 e. The topological polar surface area (TPSA) is 17.1 Å². The molecule has 0 saturated carbocycles. The van der Waals surface area contributed by atoms with Gasteiger partial charge in [0.1, 0.15) is 5.78 Å². The third-order valence-electron chi connectivity index (χ3n) is 2.70. The number of benzene rings is 1. The Morgan fingerprint density at radius 1 is 1.27 bits per heavy atom. The minimum absolute atomic E-state index is 0.0810. The van der Waals surface area contributed by atoms with Crippen LogP contribution in [0.3, 0.4) is 0 Å². The number of carbonyl (C=O) groups is 1. The molecule has 0 fully saturated rings. The van der Waals surface area contributed by atoms with Gasteiger partial charge in [-0.05, 0) is 24.6 Å². The monoisotopic (exact) mass is 244 g/mol. The van der Waals surface area contributed by atoms with Gasteiger partial charge < -0.3 is 0 Å². The number of alkyl halides is 1. The molecule has 0 aromatic heterocycles. The molecule has 0 aliphatic rings. The van der Waals surface area contributed by atoms with Crippen LogP contribution in [-0.4, -0.2) is 5.78 Å². The molecule has 1 aromatic rings. The molecule has 0 bridgehead atoms. The van der Waals surface area contributed by atoms with Crippen molar-refractivity contribution in [1.29, 1.82) is 0 Å². The van der Waals surface area contributed by atoms with Crippen molar-refractivity contribution in [2.75, 3.05) is 0 Å². The lowest BCUT2D eigenvalue weighted by molar-refractivity contribution is -0.125. The molecule has 1 atom stereocenters. The number of halogens is 2. The normalized spacial score (nSPS) is 13.7. The fourth-order valence-corrected chi connectivity index (χ4v) is 1.65. The van der Waals surface area contributed by atoms with Gasteiger partial charge in [0.25, 0.3) is 0 Å². The van der Waals surface area contributed by atoms with Crippen molar-refractivity contribution in [3.8, 4) is 0 Å². The zero-order chi connectivity index (χ0) is 11.6. The summed E-state index contributed by atoms with van der Waals surface area (Å²) in [5, 5.41) is 0.343. The Morgan fingerprint density at radius 2 is 1.73 bits per heavy atom. The first-order valence-corrected chi connectivity index (χ1v) is 5.57. The largest absolute Gasteiger partial charge is 0.299 e. The Kier molecular flexibility index (Phi) is 3.80. The molecule has 0 aliphatic carbocycles. The van der Waals surface area contributed by atoms with Crippen LogP contribution in [0.15, 0.2) is 24.3 Å². The fraction of sp³-hybridized carbons (Fsp3) is 0.417. The quantitative estimate of drug-likeness (QED) is 0.728. The summed E-state index contributed by atoms with van der Waals surface area (Å²) in [5.41, 5.74) is 0.358. The summed E-state index contributed by atoms with van der Waals surface area (Å²) in [6.07, 6.45) is 0. The molecule has 0 spiro atoms. The van der Waals surface area contributed by atoms with Crippen molar-refractivity contribution in [3.05, 3.63) is 34.9 Å². The summed E-state index contributed by atoms with van der Waals surface area (Å²) < 4.78 is 0. The van der Waals surface area contributed by atoms with E-state index in [0.29, 0.717) is 5.02 Å². The fourth-order valence-electron chi connectivity index (χ4n) is 1.23. The number of Topliss-reactive ketones (excluding diaryl/α,β-unsaturated/α-hetero) is 1. The first kappa shape index (κ1) is 12.5. The molecule has 82 valence electrons. The number of hydrogen-bond donors (Lipinski definition) is 0. The van der Waals surface area contributed by atoms with Gasteiger partial charge in [-0.1, -0.05) is 37.6 Å². The van der Waals surface area contributed by atoms with Crippen LogP contribution in [-0.2, 0) is 4.79 Å². The highest BCUT2D eigenvalue weighted by Gasteiger charge is 2.33. The van der Waals surface area contributed by atoms with Gasteiger partial charge in [0, 0.05) is 10.4 Å². The van der Waals surface area contributed by atoms with Crippen molar-refractivity contribution >= 4 is 29.0 Å². The summed E-state index contributed by atoms with van der Waals surface area (Å²) in [7, 11) is 0. The number of ketones is 1. The third kappa shape index (κ3) is 2.73. The summed E-state index contributed by atoms with van der Waals surface area (Å²) in [6.45, 7) is 5.26. The summed E-state index contributed by atoms with van der Waals surface area (Å²) in [6, 6.07) is 7.26. The molecule has 1 unspecified atom stereocenters. The van der Waals surface area contributed by atoms with E-state index in [2.05, 4.69) is 0 Å². The van der Waals surface area contributed by atoms with Gasteiger partial charge in [-0.3, -0.25) is 4.79 Å².